The van der Waals surface area contributed by atoms with Crippen LogP contribution in [0.1, 0.15) is 25.3 Å². The summed E-state index contributed by atoms with van der Waals surface area (Å²) < 4.78 is 7.12. The highest BCUT2D eigenvalue weighted by atomic mass is 35.5. The number of hydrogen-bond donors (Lipinski definition) is 1. The van der Waals surface area contributed by atoms with Gasteiger partial charge >= 0.3 is 0 Å². The number of rotatable bonds is 6. The van der Waals surface area contributed by atoms with Gasteiger partial charge in [-0.05, 0) is 37.0 Å². The third kappa shape index (κ3) is 3.66. The Morgan fingerprint density at radius 3 is 2.58 bits per heavy atom. The predicted molar refractivity (Wildman–Crippen MR) is 95.1 cm³/mol. The fraction of sp³-hybridized carbons (Fsp3) is 0.353. The molecule has 6 nitrogen and oxygen atoms in total. The Balaban J connectivity index is 0.00000208. The molecule has 0 bridgehead atoms. The number of fused-ring (bicyclic) bond motifs is 1. The standard InChI is InChI=1S/C17H20N4O2.ClH/c1-3-14(22)9-6-12-4-7-13(8-5-12)21-11-20-15-16(21)18-10-19-17(15)23-2;/h4-5,7-8,10-11,14,22H,3,6,9H2,1-2H3;1H/t14-;/m0./s1. The molecule has 3 rings (SSSR count). The SMILES string of the molecule is CC[C@H](O)CCc1ccc(-n2cnc3c(OC)ncnc32)cc1.Cl. The minimum Gasteiger partial charge on any atom is -0.479 e. The maximum Gasteiger partial charge on any atom is 0.245 e. The molecule has 0 fully saturated rings. The molecule has 0 aliphatic carbocycles. The van der Waals surface area contributed by atoms with E-state index in [1.807, 2.05) is 23.6 Å². The van der Waals surface area contributed by atoms with E-state index in [4.69, 9.17) is 4.74 Å². The lowest BCUT2D eigenvalue weighted by atomic mass is 10.1. The van der Waals surface area contributed by atoms with E-state index in [-0.39, 0.29) is 18.5 Å². The van der Waals surface area contributed by atoms with Gasteiger partial charge in [-0.1, -0.05) is 19.1 Å². The monoisotopic (exact) mass is 348 g/mol. The largest absolute Gasteiger partial charge is 0.479 e. The summed E-state index contributed by atoms with van der Waals surface area (Å²) in [5, 5.41) is 9.65. The van der Waals surface area contributed by atoms with E-state index in [1.165, 1.54) is 11.9 Å². The topological polar surface area (TPSA) is 73.1 Å². The van der Waals surface area contributed by atoms with Crippen LogP contribution in [0.25, 0.3) is 16.9 Å². The van der Waals surface area contributed by atoms with Gasteiger partial charge in [-0.25, -0.2) is 9.97 Å². The van der Waals surface area contributed by atoms with E-state index >= 15 is 0 Å². The number of aliphatic hydroxyl groups is 1. The van der Waals surface area contributed by atoms with Crippen LogP contribution in [-0.4, -0.2) is 37.8 Å². The van der Waals surface area contributed by atoms with Crippen molar-refractivity contribution in [3.63, 3.8) is 0 Å². The van der Waals surface area contributed by atoms with Crippen molar-refractivity contribution in [3.05, 3.63) is 42.5 Å². The molecule has 24 heavy (non-hydrogen) atoms. The van der Waals surface area contributed by atoms with Gasteiger partial charge in [0.15, 0.2) is 11.2 Å². The van der Waals surface area contributed by atoms with Crippen molar-refractivity contribution < 1.29 is 9.84 Å². The molecule has 2 aromatic heterocycles. The molecule has 7 heteroatoms. The van der Waals surface area contributed by atoms with E-state index < -0.39 is 0 Å². The quantitative estimate of drug-likeness (QED) is 0.741. The van der Waals surface area contributed by atoms with Crippen LogP contribution in [0.15, 0.2) is 36.9 Å². The normalized spacial score (nSPS) is 12.0. The van der Waals surface area contributed by atoms with Crippen LogP contribution in [-0.2, 0) is 6.42 Å². The second kappa shape index (κ2) is 8.08. The van der Waals surface area contributed by atoms with Crippen molar-refractivity contribution >= 4 is 23.6 Å². The fourth-order valence-electron chi connectivity index (χ4n) is 2.51. The molecule has 1 atom stereocenters. The van der Waals surface area contributed by atoms with Gasteiger partial charge in [-0.2, -0.15) is 4.98 Å². The van der Waals surface area contributed by atoms with Crippen LogP contribution in [0.3, 0.4) is 0 Å². The Bertz CT molecular complexity index is 789. The van der Waals surface area contributed by atoms with Crippen molar-refractivity contribution in [2.75, 3.05) is 7.11 Å². The number of nitrogens with zero attached hydrogens (tertiary/aromatic N) is 4. The molecule has 0 aliphatic rings. The Morgan fingerprint density at radius 1 is 1.17 bits per heavy atom. The maximum atomic E-state index is 9.65. The van der Waals surface area contributed by atoms with Gasteiger partial charge in [0.05, 0.1) is 13.2 Å². The number of methoxy groups -OCH3 is 1. The lowest BCUT2D eigenvalue weighted by molar-refractivity contribution is 0.160. The van der Waals surface area contributed by atoms with Crippen molar-refractivity contribution in [2.24, 2.45) is 0 Å². The minimum atomic E-state index is -0.226. The molecule has 1 N–H and O–H groups in total. The summed E-state index contributed by atoms with van der Waals surface area (Å²) in [5.74, 6) is 0.471. The first-order valence-electron chi connectivity index (χ1n) is 7.72. The predicted octanol–water partition coefficient (Wildman–Crippen LogP) is 2.95. The third-order valence-electron chi connectivity index (χ3n) is 3.95. The van der Waals surface area contributed by atoms with Crippen molar-refractivity contribution in [3.8, 4) is 11.6 Å². The summed E-state index contributed by atoms with van der Waals surface area (Å²) in [5.41, 5.74) is 3.54. The lowest BCUT2D eigenvalue weighted by Crippen LogP contribution is -2.05. The van der Waals surface area contributed by atoms with Crippen LogP contribution in [0.4, 0.5) is 0 Å². The second-order valence-electron chi connectivity index (χ2n) is 5.44. The summed E-state index contributed by atoms with van der Waals surface area (Å²) in [6, 6.07) is 8.21. The summed E-state index contributed by atoms with van der Waals surface area (Å²) in [4.78, 5) is 12.7. The molecule has 0 aliphatic heterocycles. The van der Waals surface area contributed by atoms with Crippen LogP contribution in [0, 0.1) is 0 Å². The number of aromatic nitrogens is 4. The van der Waals surface area contributed by atoms with Crippen LogP contribution in [0.2, 0.25) is 0 Å². The van der Waals surface area contributed by atoms with E-state index in [1.54, 1.807) is 13.4 Å². The summed E-state index contributed by atoms with van der Waals surface area (Å²) in [6.07, 6.45) is 5.42. The smallest absolute Gasteiger partial charge is 0.245 e. The van der Waals surface area contributed by atoms with Gasteiger partial charge in [-0.15, -0.1) is 12.4 Å². The van der Waals surface area contributed by atoms with E-state index in [0.29, 0.717) is 17.0 Å². The van der Waals surface area contributed by atoms with E-state index in [0.717, 1.165) is 24.9 Å². The van der Waals surface area contributed by atoms with Crippen LogP contribution >= 0.6 is 12.4 Å². The molecule has 2 heterocycles. The zero-order chi connectivity index (χ0) is 16.2. The van der Waals surface area contributed by atoms with E-state index in [9.17, 15) is 5.11 Å². The van der Waals surface area contributed by atoms with Crippen molar-refractivity contribution in [2.45, 2.75) is 32.3 Å². The molecule has 1 aromatic carbocycles. The summed E-state index contributed by atoms with van der Waals surface area (Å²) in [7, 11) is 1.57. The summed E-state index contributed by atoms with van der Waals surface area (Å²) in [6.45, 7) is 1.99. The Kier molecular flexibility index (Phi) is 6.11. The molecule has 0 radical (unpaired) electrons. The molecule has 0 amide bonds. The molecule has 0 saturated carbocycles. The summed E-state index contributed by atoms with van der Waals surface area (Å²) >= 11 is 0. The molecule has 0 unspecified atom stereocenters. The number of hydrogen-bond acceptors (Lipinski definition) is 5. The van der Waals surface area contributed by atoms with Gasteiger partial charge < -0.3 is 9.84 Å². The first-order valence-corrected chi connectivity index (χ1v) is 7.72. The second-order valence-corrected chi connectivity index (χ2v) is 5.44. The van der Waals surface area contributed by atoms with Crippen LogP contribution in [0.5, 0.6) is 5.88 Å². The average Bonchev–Trinajstić information content (AvgIpc) is 3.04. The Labute approximate surface area is 146 Å². The molecule has 3 aromatic rings. The Morgan fingerprint density at radius 2 is 1.92 bits per heavy atom. The van der Waals surface area contributed by atoms with Gasteiger partial charge in [-0.3, -0.25) is 4.57 Å². The zero-order valence-corrected chi connectivity index (χ0v) is 14.5. The lowest BCUT2D eigenvalue weighted by Gasteiger charge is -2.08. The third-order valence-corrected chi connectivity index (χ3v) is 3.95. The first-order chi connectivity index (χ1) is 11.2. The number of aliphatic hydroxyl groups excluding tert-OH is 1. The fourth-order valence-corrected chi connectivity index (χ4v) is 2.51. The zero-order valence-electron chi connectivity index (χ0n) is 13.7. The minimum absolute atomic E-state index is 0. The first kappa shape index (κ1) is 18.2. The molecular formula is C17H21ClN4O2. The average molecular weight is 349 g/mol. The number of benzene rings is 1. The van der Waals surface area contributed by atoms with Gasteiger partial charge in [0, 0.05) is 5.69 Å². The molecule has 0 spiro atoms. The maximum absolute atomic E-state index is 9.65. The number of halogens is 1. The number of imidazole rings is 1. The highest BCUT2D eigenvalue weighted by Gasteiger charge is 2.11. The van der Waals surface area contributed by atoms with Crippen molar-refractivity contribution in [1.29, 1.82) is 0 Å². The van der Waals surface area contributed by atoms with Gasteiger partial charge in [0.1, 0.15) is 12.7 Å². The molecule has 128 valence electrons. The highest BCUT2D eigenvalue weighted by molar-refractivity contribution is 5.85. The van der Waals surface area contributed by atoms with Gasteiger partial charge in [0.25, 0.3) is 0 Å². The molecule has 0 saturated heterocycles. The van der Waals surface area contributed by atoms with Crippen LogP contribution < -0.4 is 4.74 Å². The van der Waals surface area contributed by atoms with Crippen molar-refractivity contribution in [1.82, 2.24) is 19.5 Å². The molecular weight excluding hydrogens is 328 g/mol. The number of aryl methyl sites for hydroxylation is 1. The van der Waals surface area contributed by atoms with Gasteiger partial charge in [0.2, 0.25) is 5.88 Å². The highest BCUT2D eigenvalue weighted by Crippen LogP contribution is 2.22. The Hall–Kier alpha value is -2.18. The number of ether oxygens (including phenoxy) is 1. The van der Waals surface area contributed by atoms with E-state index in [2.05, 4.69) is 27.1 Å².